The summed E-state index contributed by atoms with van der Waals surface area (Å²) < 4.78 is 6.17. The van der Waals surface area contributed by atoms with Gasteiger partial charge in [-0.3, -0.25) is 10.00 Å². The summed E-state index contributed by atoms with van der Waals surface area (Å²) in [5, 5.41) is 7.46. The fourth-order valence-corrected chi connectivity index (χ4v) is 7.48. The number of para-hydroxylation sites is 1. The molecule has 2 saturated carbocycles. The van der Waals surface area contributed by atoms with Gasteiger partial charge in [0.25, 0.3) is 0 Å². The van der Waals surface area contributed by atoms with Gasteiger partial charge in [-0.2, -0.15) is 5.10 Å². The minimum Gasteiger partial charge on any atom is -0.457 e. The van der Waals surface area contributed by atoms with Gasteiger partial charge < -0.3 is 15.4 Å². The number of rotatable bonds is 11. The van der Waals surface area contributed by atoms with Crippen molar-refractivity contribution >= 4 is 11.6 Å². The molecule has 6 rings (SSSR count). The van der Waals surface area contributed by atoms with Crippen LogP contribution in [-0.2, 0) is 13.1 Å². The number of aliphatic imine (C=N–C) groups is 1. The summed E-state index contributed by atoms with van der Waals surface area (Å²) in [5.74, 6) is 3.04. The molecule has 0 spiro atoms. The van der Waals surface area contributed by atoms with Crippen molar-refractivity contribution in [2.75, 3.05) is 6.54 Å². The molecule has 0 bridgehead atoms. The number of aromatic amines is 1. The molecule has 7 heteroatoms. The van der Waals surface area contributed by atoms with Gasteiger partial charge in [-0.15, -0.1) is 0 Å². The Morgan fingerprint density at radius 3 is 2.48 bits per heavy atom. The average Bonchev–Trinajstić information content (AvgIpc) is 3.44. The Balaban J connectivity index is 1.17. The topological polar surface area (TPSA) is 82.8 Å². The summed E-state index contributed by atoms with van der Waals surface area (Å²) in [6.07, 6.45) is 17.6. The van der Waals surface area contributed by atoms with E-state index in [1.54, 1.807) is 0 Å². The van der Waals surface area contributed by atoms with Crippen LogP contribution in [0.4, 0.5) is 5.69 Å². The van der Waals surface area contributed by atoms with E-state index >= 15 is 0 Å². The summed E-state index contributed by atoms with van der Waals surface area (Å²) in [6.45, 7) is 5.05. The van der Waals surface area contributed by atoms with E-state index < -0.39 is 0 Å². The second kappa shape index (κ2) is 13.8. The molecule has 1 atom stereocenters. The predicted molar refractivity (Wildman–Crippen MR) is 170 cm³/mol. The zero-order valence-electron chi connectivity index (χ0n) is 25.3. The summed E-state index contributed by atoms with van der Waals surface area (Å²) >= 11 is 0. The zero-order valence-corrected chi connectivity index (χ0v) is 25.3. The number of fused-ring (bicyclic) bond motifs is 1. The van der Waals surface area contributed by atoms with E-state index in [0.717, 1.165) is 43.2 Å². The fourth-order valence-electron chi connectivity index (χ4n) is 7.48. The molecule has 3 aromatic rings. The maximum Gasteiger partial charge on any atom is 0.197 e. The monoisotopic (exact) mass is 568 g/mol. The van der Waals surface area contributed by atoms with Crippen LogP contribution in [0.3, 0.4) is 0 Å². The molecular formula is C35H48N6O. The average molecular weight is 569 g/mol. The molecule has 0 unspecified atom stereocenters. The van der Waals surface area contributed by atoms with E-state index in [4.69, 9.17) is 15.5 Å². The SMILES string of the molecule is Cc1[nH]ncc1CN(CCC[C@@H](C1CCCCC1)N1Cc2cc(Oc3ccccc3)ccc2N=C1N)C1CCCCC1. The van der Waals surface area contributed by atoms with Gasteiger partial charge in [0.1, 0.15) is 11.5 Å². The van der Waals surface area contributed by atoms with E-state index in [-0.39, 0.29) is 0 Å². The number of aromatic nitrogens is 2. The molecule has 2 heterocycles. The molecule has 1 aromatic heterocycles. The third-order valence-electron chi connectivity index (χ3n) is 9.84. The molecular weight excluding hydrogens is 520 g/mol. The maximum absolute atomic E-state index is 6.74. The highest BCUT2D eigenvalue weighted by atomic mass is 16.5. The normalized spacial score (nSPS) is 19.0. The van der Waals surface area contributed by atoms with E-state index in [1.165, 1.54) is 87.4 Å². The van der Waals surface area contributed by atoms with Crippen LogP contribution in [0.25, 0.3) is 0 Å². The molecule has 1 aliphatic heterocycles. The van der Waals surface area contributed by atoms with Crippen LogP contribution in [-0.4, -0.2) is 44.6 Å². The van der Waals surface area contributed by atoms with Crippen molar-refractivity contribution in [3.05, 3.63) is 71.5 Å². The minimum absolute atomic E-state index is 0.407. The summed E-state index contributed by atoms with van der Waals surface area (Å²) in [5.41, 5.74) is 11.4. The lowest BCUT2D eigenvalue weighted by atomic mass is 9.81. The Morgan fingerprint density at radius 2 is 1.74 bits per heavy atom. The highest BCUT2D eigenvalue weighted by Crippen LogP contribution is 2.37. The Hall–Kier alpha value is -3.32. The van der Waals surface area contributed by atoms with E-state index in [2.05, 4.69) is 33.0 Å². The van der Waals surface area contributed by atoms with Gasteiger partial charge in [0.2, 0.25) is 0 Å². The molecule has 2 aliphatic carbocycles. The number of hydrogen-bond donors (Lipinski definition) is 2. The summed E-state index contributed by atoms with van der Waals surface area (Å²) in [4.78, 5) is 10.1. The van der Waals surface area contributed by atoms with Crippen LogP contribution in [0.5, 0.6) is 11.5 Å². The van der Waals surface area contributed by atoms with Crippen molar-refractivity contribution in [3.63, 3.8) is 0 Å². The lowest BCUT2D eigenvalue weighted by Crippen LogP contribution is -2.49. The van der Waals surface area contributed by atoms with Crippen LogP contribution >= 0.6 is 0 Å². The van der Waals surface area contributed by atoms with Gasteiger partial charge >= 0.3 is 0 Å². The molecule has 3 aliphatic rings. The lowest BCUT2D eigenvalue weighted by molar-refractivity contribution is 0.126. The standard InChI is InChI=1S/C35H48N6O/c1-26-29(23-37-39-26)24-40(30-14-7-3-8-15-30)21-11-18-34(27-12-5-2-6-13-27)41-25-28-22-32(19-20-33(28)38-35(41)36)42-31-16-9-4-10-17-31/h4,9-10,16-17,19-20,22-23,27,30,34H,2-3,5-8,11-15,18,21,24-25H2,1H3,(H2,36,38)(H,37,39)/t34-/m0/s1. The van der Waals surface area contributed by atoms with Crippen molar-refractivity contribution in [2.24, 2.45) is 16.6 Å². The Morgan fingerprint density at radius 1 is 0.976 bits per heavy atom. The summed E-state index contributed by atoms with van der Waals surface area (Å²) in [6, 6.07) is 17.3. The number of nitrogens with zero attached hydrogens (tertiary/aromatic N) is 4. The maximum atomic E-state index is 6.74. The quantitative estimate of drug-likeness (QED) is 0.246. The fraction of sp³-hybridized carbons (Fsp3) is 0.543. The highest BCUT2D eigenvalue weighted by Gasteiger charge is 2.33. The van der Waals surface area contributed by atoms with Crippen molar-refractivity contribution < 1.29 is 4.74 Å². The summed E-state index contributed by atoms with van der Waals surface area (Å²) in [7, 11) is 0. The molecule has 3 N–H and O–H groups in total. The lowest BCUT2D eigenvalue weighted by Gasteiger charge is -2.42. The number of ether oxygens (including phenoxy) is 1. The molecule has 224 valence electrons. The molecule has 7 nitrogen and oxygen atoms in total. The van der Waals surface area contributed by atoms with Crippen LogP contribution in [0.2, 0.25) is 0 Å². The van der Waals surface area contributed by atoms with Gasteiger partial charge in [0.15, 0.2) is 5.96 Å². The van der Waals surface area contributed by atoms with E-state index in [0.29, 0.717) is 24.0 Å². The van der Waals surface area contributed by atoms with Crippen molar-refractivity contribution in [3.8, 4) is 11.5 Å². The van der Waals surface area contributed by atoms with Crippen LogP contribution < -0.4 is 10.5 Å². The van der Waals surface area contributed by atoms with Crippen LogP contribution in [0.15, 0.2) is 59.7 Å². The first-order chi connectivity index (χ1) is 20.6. The Labute approximate surface area is 251 Å². The number of H-pyrrole nitrogens is 1. The van der Waals surface area contributed by atoms with Gasteiger partial charge in [0, 0.05) is 42.0 Å². The van der Waals surface area contributed by atoms with E-state index in [9.17, 15) is 0 Å². The number of benzene rings is 2. The minimum atomic E-state index is 0.407. The number of guanidine groups is 1. The molecule has 0 amide bonds. The first kappa shape index (κ1) is 28.8. The number of nitrogens with two attached hydrogens (primary N) is 1. The van der Waals surface area contributed by atoms with Crippen LogP contribution in [0.1, 0.15) is 93.9 Å². The molecule has 0 radical (unpaired) electrons. The van der Waals surface area contributed by atoms with Gasteiger partial charge in [-0.05, 0) is 88.2 Å². The highest BCUT2D eigenvalue weighted by molar-refractivity contribution is 5.84. The second-order valence-corrected chi connectivity index (χ2v) is 12.7. The third-order valence-corrected chi connectivity index (χ3v) is 9.84. The third kappa shape index (κ3) is 7.00. The van der Waals surface area contributed by atoms with Crippen molar-refractivity contribution in [1.82, 2.24) is 20.0 Å². The predicted octanol–water partition coefficient (Wildman–Crippen LogP) is 7.84. The Bertz CT molecular complexity index is 1310. The zero-order chi connectivity index (χ0) is 28.7. The molecule has 2 fully saturated rings. The van der Waals surface area contributed by atoms with Gasteiger partial charge in [0.05, 0.1) is 11.9 Å². The van der Waals surface area contributed by atoms with Gasteiger partial charge in [-0.25, -0.2) is 4.99 Å². The Kier molecular flexibility index (Phi) is 9.44. The van der Waals surface area contributed by atoms with Gasteiger partial charge in [-0.1, -0.05) is 56.7 Å². The number of nitrogens with one attached hydrogen (secondary N) is 1. The smallest absolute Gasteiger partial charge is 0.197 e. The van der Waals surface area contributed by atoms with E-state index in [1.807, 2.05) is 48.7 Å². The van der Waals surface area contributed by atoms with Crippen molar-refractivity contribution in [2.45, 2.75) is 109 Å². The van der Waals surface area contributed by atoms with Crippen LogP contribution in [0, 0.1) is 12.8 Å². The van der Waals surface area contributed by atoms with Crippen molar-refractivity contribution in [1.29, 1.82) is 0 Å². The number of hydrogen-bond acceptors (Lipinski definition) is 6. The molecule has 42 heavy (non-hydrogen) atoms. The largest absolute Gasteiger partial charge is 0.457 e. The molecule has 2 aromatic carbocycles. The first-order valence-corrected chi connectivity index (χ1v) is 16.3. The number of aryl methyl sites for hydroxylation is 1. The molecule has 0 saturated heterocycles. The second-order valence-electron chi connectivity index (χ2n) is 12.7. The first-order valence-electron chi connectivity index (χ1n) is 16.3.